The van der Waals surface area contributed by atoms with Crippen LogP contribution in [0.25, 0.3) is 0 Å². The molecule has 0 amide bonds. The first-order valence-corrected chi connectivity index (χ1v) is 15.0. The molecule has 0 aromatic rings. The highest BCUT2D eigenvalue weighted by Gasteiger charge is 2.58. The number of unbranched alkanes of at least 4 members (excludes halogenated alkanes) is 13. The van der Waals surface area contributed by atoms with Crippen molar-refractivity contribution in [3.63, 3.8) is 0 Å². The third kappa shape index (κ3) is 10.7. The second-order valence-electron chi connectivity index (χ2n) is 11.1. The molecule has 232 valence electrons. The predicted molar refractivity (Wildman–Crippen MR) is 143 cm³/mol. The molecule has 0 spiro atoms. The van der Waals surface area contributed by atoms with Crippen LogP contribution in [0.1, 0.15) is 96.8 Å². The molecule has 0 aromatic carbocycles. The van der Waals surface area contributed by atoms with Crippen LogP contribution in [0.2, 0.25) is 0 Å². The van der Waals surface area contributed by atoms with Gasteiger partial charge in [-0.15, -0.1) is 0 Å². The Balaban J connectivity index is 1.70. The van der Waals surface area contributed by atoms with Gasteiger partial charge in [-0.2, -0.15) is 0 Å². The molecular formula is C28H54O11. The molecule has 2 heterocycles. The summed E-state index contributed by atoms with van der Waals surface area (Å²) in [4.78, 5) is 0. The molecule has 0 radical (unpaired) electrons. The minimum atomic E-state index is -2.00. The molecule has 0 saturated carbocycles. The molecule has 0 bridgehead atoms. The zero-order valence-corrected chi connectivity index (χ0v) is 23.6. The monoisotopic (exact) mass is 566 g/mol. The van der Waals surface area contributed by atoms with Crippen LogP contribution in [0.4, 0.5) is 0 Å². The van der Waals surface area contributed by atoms with Gasteiger partial charge in [0.2, 0.25) is 5.79 Å². The van der Waals surface area contributed by atoms with Crippen LogP contribution in [0.3, 0.4) is 0 Å². The first-order valence-electron chi connectivity index (χ1n) is 15.0. The Hall–Kier alpha value is -0.440. The molecule has 2 aliphatic rings. The van der Waals surface area contributed by atoms with Crippen molar-refractivity contribution >= 4 is 0 Å². The lowest BCUT2D eigenvalue weighted by molar-refractivity contribution is -0.385. The Morgan fingerprint density at radius 1 is 0.615 bits per heavy atom. The first kappa shape index (κ1) is 34.8. The Labute approximate surface area is 233 Å². The molecule has 2 fully saturated rings. The maximum atomic E-state index is 10.7. The van der Waals surface area contributed by atoms with E-state index in [1.807, 2.05) is 0 Å². The van der Waals surface area contributed by atoms with Crippen LogP contribution < -0.4 is 0 Å². The van der Waals surface area contributed by atoms with Gasteiger partial charge < -0.3 is 54.7 Å². The molecule has 0 unspecified atom stereocenters. The second kappa shape index (κ2) is 18.9. The Bertz CT molecular complexity index is 624. The fourth-order valence-corrected chi connectivity index (χ4v) is 5.23. The van der Waals surface area contributed by atoms with Gasteiger partial charge in [0.25, 0.3) is 0 Å². The number of hydrogen-bond donors (Lipinski definition) is 7. The summed E-state index contributed by atoms with van der Waals surface area (Å²) in [7, 11) is 0. The van der Waals surface area contributed by atoms with Crippen LogP contribution in [0, 0.1) is 0 Å². The van der Waals surface area contributed by atoms with E-state index in [2.05, 4.69) is 6.92 Å². The van der Waals surface area contributed by atoms with E-state index in [0.29, 0.717) is 6.61 Å². The minimum absolute atomic E-state index is 0.338. The third-order valence-electron chi connectivity index (χ3n) is 7.80. The molecule has 0 aliphatic carbocycles. The van der Waals surface area contributed by atoms with E-state index >= 15 is 0 Å². The van der Waals surface area contributed by atoms with Crippen molar-refractivity contribution in [2.75, 3.05) is 26.4 Å². The average Bonchev–Trinajstić information content (AvgIpc) is 3.17. The maximum Gasteiger partial charge on any atom is 0.224 e. The maximum absolute atomic E-state index is 10.7. The molecular weight excluding hydrogens is 512 g/mol. The van der Waals surface area contributed by atoms with Gasteiger partial charge in [-0.1, -0.05) is 90.4 Å². The van der Waals surface area contributed by atoms with E-state index in [4.69, 9.17) is 18.9 Å². The number of aliphatic hydroxyl groups is 7. The Morgan fingerprint density at radius 2 is 1.13 bits per heavy atom. The van der Waals surface area contributed by atoms with Gasteiger partial charge >= 0.3 is 0 Å². The normalized spacial score (nSPS) is 35.1. The van der Waals surface area contributed by atoms with Crippen molar-refractivity contribution < 1.29 is 54.7 Å². The topological polar surface area (TPSA) is 179 Å². The van der Waals surface area contributed by atoms with E-state index in [1.165, 1.54) is 70.6 Å². The van der Waals surface area contributed by atoms with Crippen LogP contribution in [0.15, 0.2) is 0 Å². The average molecular weight is 567 g/mol. The van der Waals surface area contributed by atoms with Crippen molar-refractivity contribution in [1.82, 2.24) is 0 Å². The quantitative estimate of drug-likeness (QED) is 0.0990. The largest absolute Gasteiger partial charge is 0.394 e. The lowest BCUT2D eigenvalue weighted by atomic mass is 9.99. The van der Waals surface area contributed by atoms with E-state index in [9.17, 15) is 35.7 Å². The van der Waals surface area contributed by atoms with E-state index in [1.54, 1.807) is 0 Å². The van der Waals surface area contributed by atoms with Gasteiger partial charge in [0.1, 0.15) is 49.3 Å². The summed E-state index contributed by atoms with van der Waals surface area (Å²) in [5, 5.41) is 70.4. The first-order chi connectivity index (χ1) is 18.8. The van der Waals surface area contributed by atoms with Gasteiger partial charge in [-0.25, -0.2) is 0 Å². The van der Waals surface area contributed by atoms with Gasteiger partial charge in [-0.05, 0) is 6.42 Å². The van der Waals surface area contributed by atoms with Crippen LogP contribution in [0.5, 0.6) is 0 Å². The van der Waals surface area contributed by atoms with Crippen molar-refractivity contribution in [1.29, 1.82) is 0 Å². The standard InChI is InChI=1S/C28H54O11/c1-2-3-4-5-6-7-8-9-10-11-12-13-14-15-16-36-19-28(26(35)23(32)21(18-30)38-28)39-27-25(34)24(33)22(31)20(17-29)37-27/h20-27,29-35H,2-19H2,1H3/t20-,21-,22-,23-,24+,25-,26+,27-,28+/m1/s1. The van der Waals surface area contributed by atoms with Crippen LogP contribution >= 0.6 is 0 Å². The third-order valence-corrected chi connectivity index (χ3v) is 7.80. The molecule has 7 N–H and O–H groups in total. The summed E-state index contributed by atoms with van der Waals surface area (Å²) in [5.74, 6) is -2.00. The molecule has 2 saturated heterocycles. The minimum Gasteiger partial charge on any atom is -0.394 e. The smallest absolute Gasteiger partial charge is 0.224 e. The lowest BCUT2D eigenvalue weighted by Gasteiger charge is -2.43. The van der Waals surface area contributed by atoms with Crippen LogP contribution in [-0.4, -0.2) is 117 Å². The van der Waals surface area contributed by atoms with E-state index < -0.39 is 68.0 Å². The molecule has 11 nitrogen and oxygen atoms in total. The van der Waals surface area contributed by atoms with Gasteiger partial charge in [-0.3, -0.25) is 0 Å². The SMILES string of the molecule is CCCCCCCCCCCCCCCCOC[C@@]1(O[C@H]2O[C@H](CO)[C@@H](O)[C@H](O)[C@H]2O)O[C@H](CO)[C@@H](O)[C@@H]1O. The predicted octanol–water partition coefficient (Wildman–Crippen LogP) is 1.11. The highest BCUT2D eigenvalue weighted by Crippen LogP contribution is 2.36. The van der Waals surface area contributed by atoms with Crippen LogP contribution in [-0.2, 0) is 18.9 Å². The summed E-state index contributed by atoms with van der Waals surface area (Å²) in [6, 6.07) is 0. The van der Waals surface area contributed by atoms with Crippen molar-refractivity contribution in [3.8, 4) is 0 Å². The summed E-state index contributed by atoms with van der Waals surface area (Å²) in [6.45, 7) is 0.990. The number of ether oxygens (including phenoxy) is 4. The Morgan fingerprint density at radius 3 is 1.62 bits per heavy atom. The lowest BCUT2D eigenvalue weighted by Crippen LogP contribution is -2.62. The number of hydrogen-bond acceptors (Lipinski definition) is 11. The molecule has 0 aromatic heterocycles. The highest BCUT2D eigenvalue weighted by atomic mass is 16.8. The zero-order chi connectivity index (χ0) is 28.7. The van der Waals surface area contributed by atoms with E-state index in [-0.39, 0.29) is 6.61 Å². The number of aliphatic hydroxyl groups excluding tert-OH is 7. The van der Waals surface area contributed by atoms with Crippen molar-refractivity contribution in [3.05, 3.63) is 0 Å². The highest BCUT2D eigenvalue weighted by molar-refractivity contribution is 4.98. The van der Waals surface area contributed by atoms with Crippen molar-refractivity contribution in [2.24, 2.45) is 0 Å². The molecule has 11 heteroatoms. The fourth-order valence-electron chi connectivity index (χ4n) is 5.23. The second-order valence-corrected chi connectivity index (χ2v) is 11.1. The molecule has 9 atom stereocenters. The van der Waals surface area contributed by atoms with Crippen molar-refractivity contribution in [2.45, 2.75) is 152 Å². The summed E-state index contributed by atoms with van der Waals surface area (Å²) in [5.41, 5.74) is 0. The fraction of sp³-hybridized carbons (Fsp3) is 1.00. The van der Waals surface area contributed by atoms with E-state index in [0.717, 1.165) is 19.3 Å². The van der Waals surface area contributed by atoms with Gasteiger partial charge in [0.15, 0.2) is 6.29 Å². The molecule has 39 heavy (non-hydrogen) atoms. The molecule has 2 rings (SSSR count). The molecule has 2 aliphatic heterocycles. The zero-order valence-electron chi connectivity index (χ0n) is 23.6. The number of rotatable bonds is 21. The van der Waals surface area contributed by atoms with Gasteiger partial charge in [0.05, 0.1) is 13.2 Å². The summed E-state index contributed by atoms with van der Waals surface area (Å²) in [6.07, 6.45) is 5.07. The summed E-state index contributed by atoms with van der Waals surface area (Å²) < 4.78 is 22.4. The van der Waals surface area contributed by atoms with Gasteiger partial charge in [0, 0.05) is 6.61 Å². The summed E-state index contributed by atoms with van der Waals surface area (Å²) >= 11 is 0. The Kier molecular flexibility index (Phi) is 16.8.